The minimum atomic E-state index is -5.26. The first-order chi connectivity index (χ1) is 16.2. The lowest BCUT2D eigenvalue weighted by atomic mass is 10.0. The lowest BCUT2D eigenvalue weighted by Crippen LogP contribution is -2.34. The quantitative estimate of drug-likeness (QED) is 0.429. The molecule has 2 aromatic carbocycles. The van der Waals surface area contributed by atoms with E-state index >= 15 is 0 Å². The van der Waals surface area contributed by atoms with Crippen LogP contribution in [-0.4, -0.2) is 43.3 Å². The van der Waals surface area contributed by atoms with Crippen LogP contribution in [0, 0.1) is 5.92 Å². The molecule has 4 rings (SSSR count). The zero-order chi connectivity index (χ0) is 24.3. The molecule has 0 saturated carbocycles. The zero-order valence-electron chi connectivity index (χ0n) is 17.8. The molecule has 1 aliphatic heterocycles. The van der Waals surface area contributed by atoms with Crippen LogP contribution in [0.2, 0.25) is 0 Å². The maximum atomic E-state index is 12.2. The van der Waals surface area contributed by atoms with Gasteiger partial charge in [-0.25, -0.2) is 24.2 Å². The number of amides is 1. The van der Waals surface area contributed by atoms with Gasteiger partial charge in [0.1, 0.15) is 12.6 Å². The van der Waals surface area contributed by atoms with Crippen LogP contribution < -0.4 is 10.6 Å². The van der Waals surface area contributed by atoms with Crippen LogP contribution in [0.5, 0.6) is 0 Å². The molecule has 1 saturated heterocycles. The molecule has 11 heteroatoms. The molecule has 34 heavy (non-hydrogen) atoms. The van der Waals surface area contributed by atoms with E-state index in [0.29, 0.717) is 6.54 Å². The number of rotatable bonds is 5. The molecule has 2 N–H and O–H groups in total. The summed E-state index contributed by atoms with van der Waals surface area (Å²) in [4.78, 5) is 42.0. The Morgan fingerprint density at radius 3 is 2.59 bits per heavy atom. The second-order valence-corrected chi connectivity index (χ2v) is 8.07. The van der Waals surface area contributed by atoms with Crippen LogP contribution >= 0.6 is 0 Å². The van der Waals surface area contributed by atoms with Crippen molar-refractivity contribution in [1.29, 1.82) is 0 Å². The molecular formula is C23H21F3N2O6. The first-order valence-electron chi connectivity index (χ1n) is 10.5. The molecule has 0 aromatic heterocycles. The van der Waals surface area contributed by atoms with E-state index in [2.05, 4.69) is 32.5 Å². The number of nitrogens with one attached hydrogen (secondary N) is 2. The van der Waals surface area contributed by atoms with Crippen LogP contribution in [0.15, 0.2) is 42.5 Å². The van der Waals surface area contributed by atoms with Crippen molar-refractivity contribution in [2.45, 2.75) is 31.7 Å². The third-order valence-corrected chi connectivity index (χ3v) is 5.78. The third-order valence-electron chi connectivity index (χ3n) is 5.78. The number of benzene rings is 2. The van der Waals surface area contributed by atoms with Crippen molar-refractivity contribution in [1.82, 2.24) is 10.6 Å². The standard InChI is InChI=1S/C23H21F3N2O6/c24-23(25,26)21(30)34-33-20(29)19-8-13(10-27-19)11-28-22(31)32-12-15-5-3-7-17-16-6-2-1-4-14(16)9-18(15)17/h1-7,13,19,27H,8-12H2,(H,28,31). The van der Waals surface area contributed by atoms with Crippen LogP contribution in [0.3, 0.4) is 0 Å². The zero-order valence-corrected chi connectivity index (χ0v) is 17.8. The Balaban J connectivity index is 1.20. The molecule has 2 aliphatic rings. The largest absolute Gasteiger partial charge is 0.495 e. The lowest BCUT2D eigenvalue weighted by molar-refractivity contribution is -0.286. The van der Waals surface area contributed by atoms with Gasteiger partial charge in [-0.05, 0) is 46.6 Å². The number of hydrogen-bond acceptors (Lipinski definition) is 7. The van der Waals surface area contributed by atoms with Gasteiger partial charge in [0.2, 0.25) is 0 Å². The second-order valence-electron chi connectivity index (χ2n) is 8.07. The van der Waals surface area contributed by atoms with Crippen LogP contribution in [0.1, 0.15) is 23.1 Å². The Morgan fingerprint density at radius 1 is 1.03 bits per heavy atom. The van der Waals surface area contributed by atoms with Crippen molar-refractivity contribution in [2.75, 3.05) is 13.1 Å². The second kappa shape index (κ2) is 9.72. The number of carbonyl (C=O) groups excluding carboxylic acids is 3. The van der Waals surface area contributed by atoms with Crippen molar-refractivity contribution in [3.63, 3.8) is 0 Å². The number of carbonyl (C=O) groups is 3. The SMILES string of the molecule is O=C(NCC1CNC(C(=O)OOC(=O)C(F)(F)F)C1)OCc1cccc2c1Cc1ccccc1-2. The van der Waals surface area contributed by atoms with Gasteiger partial charge in [-0.15, -0.1) is 0 Å². The first-order valence-corrected chi connectivity index (χ1v) is 10.5. The molecule has 8 nitrogen and oxygen atoms in total. The first kappa shape index (κ1) is 23.6. The average Bonchev–Trinajstić information content (AvgIpc) is 3.44. The highest BCUT2D eigenvalue weighted by molar-refractivity contribution is 5.79. The lowest BCUT2D eigenvalue weighted by Gasteiger charge is -2.13. The van der Waals surface area contributed by atoms with E-state index in [4.69, 9.17) is 4.74 Å². The highest BCUT2D eigenvalue weighted by Gasteiger charge is 2.43. The Labute approximate surface area is 192 Å². The fourth-order valence-electron chi connectivity index (χ4n) is 4.11. The Bertz CT molecular complexity index is 1100. The predicted molar refractivity (Wildman–Crippen MR) is 111 cm³/mol. The smallest absolute Gasteiger partial charge is 0.445 e. The van der Waals surface area contributed by atoms with E-state index < -0.39 is 30.2 Å². The highest BCUT2D eigenvalue weighted by Crippen LogP contribution is 2.38. The molecule has 0 radical (unpaired) electrons. The molecule has 1 aliphatic carbocycles. The van der Waals surface area contributed by atoms with Crippen LogP contribution in [0.4, 0.5) is 18.0 Å². The number of halogens is 3. The molecular weight excluding hydrogens is 457 g/mol. The van der Waals surface area contributed by atoms with Gasteiger partial charge in [0.05, 0.1) is 0 Å². The summed E-state index contributed by atoms with van der Waals surface area (Å²) in [5, 5.41) is 5.37. The molecule has 0 spiro atoms. The van der Waals surface area contributed by atoms with E-state index in [1.165, 1.54) is 11.1 Å². The topological polar surface area (TPSA) is 103 Å². The number of ether oxygens (including phenoxy) is 1. The number of fused-ring (bicyclic) bond motifs is 3. The summed E-state index contributed by atoms with van der Waals surface area (Å²) in [6, 6.07) is 13.0. The molecule has 1 amide bonds. The number of alkyl carbamates (subject to hydrolysis) is 1. The predicted octanol–water partition coefficient (Wildman–Crippen LogP) is 3.03. The van der Waals surface area contributed by atoms with Gasteiger partial charge in [-0.2, -0.15) is 13.2 Å². The molecule has 2 aromatic rings. The van der Waals surface area contributed by atoms with Gasteiger partial charge in [0.25, 0.3) is 0 Å². The molecule has 1 heterocycles. The van der Waals surface area contributed by atoms with E-state index in [0.717, 1.165) is 23.1 Å². The van der Waals surface area contributed by atoms with Gasteiger partial charge in [-0.3, -0.25) is 0 Å². The van der Waals surface area contributed by atoms with E-state index in [9.17, 15) is 27.6 Å². The summed E-state index contributed by atoms with van der Waals surface area (Å²) in [7, 11) is 0. The summed E-state index contributed by atoms with van der Waals surface area (Å²) >= 11 is 0. The van der Waals surface area contributed by atoms with E-state index in [-0.39, 0.29) is 25.5 Å². The van der Waals surface area contributed by atoms with Gasteiger partial charge in [-0.1, -0.05) is 42.5 Å². The summed E-state index contributed by atoms with van der Waals surface area (Å²) in [6.07, 6.45) is -4.94. The highest BCUT2D eigenvalue weighted by atomic mass is 19.4. The van der Waals surface area contributed by atoms with Gasteiger partial charge < -0.3 is 15.4 Å². The minimum Gasteiger partial charge on any atom is -0.445 e. The maximum Gasteiger partial charge on any atom is 0.495 e. The van der Waals surface area contributed by atoms with Gasteiger partial charge >= 0.3 is 24.2 Å². The monoisotopic (exact) mass is 478 g/mol. The maximum absolute atomic E-state index is 12.2. The molecule has 180 valence electrons. The summed E-state index contributed by atoms with van der Waals surface area (Å²) in [5.74, 6) is -3.96. The van der Waals surface area contributed by atoms with Crippen LogP contribution in [-0.2, 0) is 37.1 Å². The summed E-state index contributed by atoms with van der Waals surface area (Å²) < 4.78 is 41.6. The summed E-state index contributed by atoms with van der Waals surface area (Å²) in [5.41, 5.74) is 5.59. The van der Waals surface area contributed by atoms with Crippen molar-refractivity contribution >= 4 is 18.0 Å². The Kier molecular flexibility index (Phi) is 6.73. The average molecular weight is 478 g/mol. The van der Waals surface area contributed by atoms with Crippen molar-refractivity contribution in [3.8, 4) is 11.1 Å². The number of hydrogen-bond donors (Lipinski definition) is 2. The normalized spacial score (nSPS) is 18.6. The molecule has 0 bridgehead atoms. The van der Waals surface area contributed by atoms with E-state index in [1.807, 2.05) is 30.3 Å². The summed E-state index contributed by atoms with van der Waals surface area (Å²) in [6.45, 7) is 0.583. The molecule has 2 unspecified atom stereocenters. The van der Waals surface area contributed by atoms with Crippen molar-refractivity contribution in [2.24, 2.45) is 5.92 Å². The van der Waals surface area contributed by atoms with E-state index in [1.54, 1.807) is 0 Å². The fourth-order valence-corrected chi connectivity index (χ4v) is 4.11. The molecule has 2 atom stereocenters. The molecule has 1 fully saturated rings. The minimum absolute atomic E-state index is 0.103. The fraction of sp³-hybridized carbons (Fsp3) is 0.348. The van der Waals surface area contributed by atoms with Crippen molar-refractivity contribution in [3.05, 3.63) is 59.2 Å². The van der Waals surface area contributed by atoms with Gasteiger partial charge in [0, 0.05) is 13.1 Å². The number of alkyl halides is 3. The van der Waals surface area contributed by atoms with Crippen molar-refractivity contribution < 1.29 is 42.1 Å². The Hall–Kier alpha value is -3.60. The van der Waals surface area contributed by atoms with Gasteiger partial charge in [0.15, 0.2) is 0 Å². The third kappa shape index (κ3) is 5.30. The van der Waals surface area contributed by atoms with Crippen LogP contribution in [0.25, 0.3) is 11.1 Å². The Morgan fingerprint density at radius 2 is 1.79 bits per heavy atom.